The maximum Gasteiger partial charge on any atom is 0.302 e. The third-order valence-electron chi connectivity index (χ3n) is 3.97. The van der Waals surface area contributed by atoms with Crippen LogP contribution in [0.3, 0.4) is 0 Å². The first-order valence-corrected chi connectivity index (χ1v) is 5.32. The lowest BCUT2D eigenvalue weighted by molar-refractivity contribution is -0.149. The van der Waals surface area contributed by atoms with Crippen molar-refractivity contribution in [2.75, 3.05) is 0 Å². The Morgan fingerprint density at radius 1 is 1.54 bits per heavy atom. The van der Waals surface area contributed by atoms with E-state index in [1.54, 1.807) is 0 Å². The molecule has 74 valence electrons. The summed E-state index contributed by atoms with van der Waals surface area (Å²) in [7, 11) is 0. The molecule has 0 amide bonds. The van der Waals surface area contributed by atoms with Crippen molar-refractivity contribution in [3.63, 3.8) is 0 Å². The number of hydrogen-bond donors (Lipinski definition) is 0. The Labute approximate surface area is 79.7 Å². The Morgan fingerprint density at radius 2 is 2.31 bits per heavy atom. The molecule has 0 heterocycles. The summed E-state index contributed by atoms with van der Waals surface area (Å²) >= 11 is 0. The first-order chi connectivity index (χ1) is 6.15. The van der Waals surface area contributed by atoms with Crippen molar-refractivity contribution in [3.05, 3.63) is 0 Å². The van der Waals surface area contributed by atoms with Crippen molar-refractivity contribution in [1.82, 2.24) is 0 Å². The summed E-state index contributed by atoms with van der Waals surface area (Å²) in [5, 5.41) is 0. The van der Waals surface area contributed by atoms with Gasteiger partial charge in [-0.05, 0) is 37.0 Å². The number of rotatable bonds is 2. The lowest BCUT2D eigenvalue weighted by Crippen LogP contribution is -2.25. The molecule has 2 rings (SSSR count). The van der Waals surface area contributed by atoms with Crippen molar-refractivity contribution in [1.29, 1.82) is 0 Å². The Bertz CT molecular complexity index is 224. The van der Waals surface area contributed by atoms with Crippen LogP contribution in [0.25, 0.3) is 0 Å². The highest BCUT2D eigenvalue weighted by atomic mass is 16.5. The topological polar surface area (TPSA) is 26.3 Å². The second kappa shape index (κ2) is 3.00. The third-order valence-corrected chi connectivity index (χ3v) is 3.97. The predicted molar refractivity (Wildman–Crippen MR) is 50.2 cm³/mol. The van der Waals surface area contributed by atoms with Gasteiger partial charge in [-0.25, -0.2) is 0 Å². The maximum absolute atomic E-state index is 10.8. The molecule has 0 N–H and O–H groups in total. The first kappa shape index (κ1) is 9.04. The van der Waals surface area contributed by atoms with E-state index in [0.717, 1.165) is 6.42 Å². The average molecular weight is 182 g/mol. The van der Waals surface area contributed by atoms with E-state index in [1.807, 2.05) is 0 Å². The van der Waals surface area contributed by atoms with Crippen LogP contribution < -0.4 is 0 Å². The fraction of sp³-hybridized carbons (Fsp3) is 0.909. The van der Waals surface area contributed by atoms with Gasteiger partial charge in [0.2, 0.25) is 0 Å². The van der Waals surface area contributed by atoms with E-state index in [-0.39, 0.29) is 12.1 Å². The molecule has 2 fully saturated rings. The maximum atomic E-state index is 10.8. The normalized spacial score (nSPS) is 42.3. The average Bonchev–Trinajstić information content (AvgIpc) is 2.61. The molecule has 2 aliphatic rings. The summed E-state index contributed by atoms with van der Waals surface area (Å²) in [4.78, 5) is 10.8. The Morgan fingerprint density at radius 3 is 2.85 bits per heavy atom. The second-order valence-electron chi connectivity index (χ2n) is 4.71. The van der Waals surface area contributed by atoms with E-state index < -0.39 is 0 Å². The van der Waals surface area contributed by atoms with Gasteiger partial charge in [0.25, 0.3) is 0 Å². The van der Waals surface area contributed by atoms with Gasteiger partial charge in [0, 0.05) is 6.92 Å². The van der Waals surface area contributed by atoms with Crippen LogP contribution in [0.2, 0.25) is 0 Å². The molecule has 0 aromatic carbocycles. The molecule has 0 unspecified atom stereocenters. The van der Waals surface area contributed by atoms with E-state index in [1.165, 1.54) is 32.6 Å². The Kier molecular flexibility index (Phi) is 2.09. The van der Waals surface area contributed by atoms with Crippen LogP contribution in [0.4, 0.5) is 0 Å². The molecule has 2 heteroatoms. The smallest absolute Gasteiger partial charge is 0.302 e. The number of fused-ring (bicyclic) bond motifs is 2. The zero-order valence-corrected chi connectivity index (χ0v) is 8.51. The van der Waals surface area contributed by atoms with Crippen molar-refractivity contribution >= 4 is 5.97 Å². The van der Waals surface area contributed by atoms with E-state index in [9.17, 15) is 4.79 Å². The predicted octanol–water partition coefficient (Wildman–Crippen LogP) is 2.52. The molecular formula is C11H18O2. The molecule has 0 spiro atoms. The highest BCUT2D eigenvalue weighted by molar-refractivity contribution is 5.66. The third kappa shape index (κ3) is 1.47. The number of esters is 1. The van der Waals surface area contributed by atoms with Crippen molar-refractivity contribution in [3.8, 4) is 0 Å². The molecule has 2 nitrogen and oxygen atoms in total. The lowest BCUT2D eigenvalue weighted by atomic mass is 9.81. The van der Waals surface area contributed by atoms with E-state index in [2.05, 4.69) is 6.92 Å². The van der Waals surface area contributed by atoms with Crippen LogP contribution in [0, 0.1) is 11.3 Å². The van der Waals surface area contributed by atoms with Crippen molar-refractivity contribution < 1.29 is 9.53 Å². The molecule has 0 saturated heterocycles. The molecule has 0 aromatic heterocycles. The van der Waals surface area contributed by atoms with Crippen LogP contribution >= 0.6 is 0 Å². The molecule has 13 heavy (non-hydrogen) atoms. The fourth-order valence-corrected chi connectivity index (χ4v) is 3.16. The first-order valence-electron chi connectivity index (χ1n) is 5.32. The number of carbonyl (C=O) groups is 1. The van der Waals surface area contributed by atoms with Gasteiger partial charge in [0.15, 0.2) is 0 Å². The van der Waals surface area contributed by atoms with Gasteiger partial charge in [-0.3, -0.25) is 4.79 Å². The monoisotopic (exact) mass is 182 g/mol. The van der Waals surface area contributed by atoms with Crippen molar-refractivity contribution in [2.24, 2.45) is 11.3 Å². The van der Waals surface area contributed by atoms with Gasteiger partial charge < -0.3 is 4.74 Å². The zero-order chi connectivity index (χ0) is 9.47. The van der Waals surface area contributed by atoms with Gasteiger partial charge in [-0.2, -0.15) is 0 Å². The minimum absolute atomic E-state index is 0.108. The van der Waals surface area contributed by atoms with Crippen LogP contribution in [-0.4, -0.2) is 12.1 Å². The standard InChI is InChI=1S/C11H18O2/c1-3-11-5-4-9(6-11)10(7-11)13-8(2)12/h9-10H,3-7H2,1-2H3/t9-,10-,11+/m0/s1. The van der Waals surface area contributed by atoms with Gasteiger partial charge in [0.1, 0.15) is 6.10 Å². The number of hydrogen-bond acceptors (Lipinski definition) is 2. The minimum Gasteiger partial charge on any atom is -0.462 e. The summed E-state index contributed by atoms with van der Waals surface area (Å²) in [6.07, 6.45) is 6.53. The van der Waals surface area contributed by atoms with Crippen LogP contribution in [0.5, 0.6) is 0 Å². The van der Waals surface area contributed by atoms with Crippen LogP contribution in [-0.2, 0) is 9.53 Å². The van der Waals surface area contributed by atoms with Gasteiger partial charge in [-0.15, -0.1) is 0 Å². The summed E-state index contributed by atoms with van der Waals surface area (Å²) in [6, 6.07) is 0. The van der Waals surface area contributed by atoms with Crippen molar-refractivity contribution in [2.45, 2.75) is 52.1 Å². The van der Waals surface area contributed by atoms with Gasteiger partial charge in [-0.1, -0.05) is 13.3 Å². The van der Waals surface area contributed by atoms with Crippen LogP contribution in [0.15, 0.2) is 0 Å². The fourth-order valence-electron chi connectivity index (χ4n) is 3.16. The molecule has 2 saturated carbocycles. The zero-order valence-electron chi connectivity index (χ0n) is 8.51. The Balaban J connectivity index is 2.01. The molecule has 3 atom stereocenters. The van der Waals surface area contributed by atoms with Gasteiger partial charge >= 0.3 is 5.97 Å². The van der Waals surface area contributed by atoms with E-state index >= 15 is 0 Å². The quantitative estimate of drug-likeness (QED) is 0.613. The Hall–Kier alpha value is -0.530. The SMILES string of the molecule is CC[C@@]12CC[C@@H](C1)[C@@H](OC(C)=O)C2. The second-order valence-corrected chi connectivity index (χ2v) is 4.71. The van der Waals surface area contributed by atoms with E-state index in [4.69, 9.17) is 4.74 Å². The molecule has 2 aliphatic carbocycles. The van der Waals surface area contributed by atoms with Gasteiger partial charge in [0.05, 0.1) is 0 Å². The molecule has 0 aromatic rings. The van der Waals surface area contributed by atoms with Crippen LogP contribution in [0.1, 0.15) is 46.0 Å². The largest absolute Gasteiger partial charge is 0.462 e. The molecule has 0 aliphatic heterocycles. The summed E-state index contributed by atoms with van der Waals surface area (Å²) in [5.74, 6) is 0.563. The molecular weight excluding hydrogens is 164 g/mol. The van der Waals surface area contributed by atoms with E-state index in [0.29, 0.717) is 11.3 Å². The highest BCUT2D eigenvalue weighted by Crippen LogP contribution is 2.56. The summed E-state index contributed by atoms with van der Waals surface area (Å²) < 4.78 is 5.33. The number of ether oxygens (including phenoxy) is 1. The lowest BCUT2D eigenvalue weighted by Gasteiger charge is -2.28. The molecule has 0 radical (unpaired) electrons. The number of carbonyl (C=O) groups excluding carboxylic acids is 1. The summed E-state index contributed by atoms with van der Waals surface area (Å²) in [5.41, 5.74) is 0.533. The highest BCUT2D eigenvalue weighted by Gasteiger charge is 2.50. The minimum atomic E-state index is -0.108. The molecule has 2 bridgehead atoms. The summed E-state index contributed by atoms with van der Waals surface area (Å²) in [6.45, 7) is 3.78.